The van der Waals surface area contributed by atoms with Gasteiger partial charge in [0.1, 0.15) is 5.75 Å². The summed E-state index contributed by atoms with van der Waals surface area (Å²) < 4.78 is 5.11. The summed E-state index contributed by atoms with van der Waals surface area (Å²) in [6, 6.07) is 0.967. The zero-order chi connectivity index (χ0) is 12.7. The smallest absolute Gasteiger partial charge is 0.256 e. The fraction of sp³-hybridized carbons (Fsp3) is 0.455. The van der Waals surface area contributed by atoms with Crippen LogP contribution in [0.3, 0.4) is 0 Å². The average molecular weight is 240 g/mol. The van der Waals surface area contributed by atoms with E-state index in [2.05, 4.69) is 10.3 Å². The maximum atomic E-state index is 11.6. The van der Waals surface area contributed by atoms with Gasteiger partial charge in [0.05, 0.1) is 5.56 Å². The molecule has 0 aliphatic rings. The Bertz CT molecular complexity index is 428. The van der Waals surface area contributed by atoms with Gasteiger partial charge in [-0.15, -0.1) is 0 Å². The fourth-order valence-corrected chi connectivity index (χ4v) is 1.26. The van der Waals surface area contributed by atoms with Gasteiger partial charge in [-0.3, -0.25) is 9.59 Å². The Morgan fingerprint density at radius 1 is 1.59 bits per heavy atom. The number of aromatic nitrogens is 1. The normalized spacial score (nSPS) is 10.2. The largest absolute Gasteiger partial charge is 0.507 e. The van der Waals surface area contributed by atoms with Crippen LogP contribution >= 0.6 is 0 Å². The molecule has 17 heavy (non-hydrogen) atoms. The molecule has 0 bridgehead atoms. The highest BCUT2D eigenvalue weighted by Crippen LogP contribution is 2.11. The highest BCUT2D eigenvalue weighted by atomic mass is 16.5. The first-order valence-electron chi connectivity index (χ1n) is 5.42. The fourth-order valence-electron chi connectivity index (χ4n) is 1.26. The number of H-pyrrole nitrogens is 1. The summed E-state index contributed by atoms with van der Waals surface area (Å²) in [5.74, 6) is -0.744. The van der Waals surface area contributed by atoms with E-state index >= 15 is 0 Å². The average Bonchev–Trinajstić information content (AvgIpc) is 2.28. The van der Waals surface area contributed by atoms with E-state index in [-0.39, 0.29) is 11.3 Å². The van der Waals surface area contributed by atoms with Crippen molar-refractivity contribution in [2.24, 2.45) is 0 Å². The Morgan fingerprint density at radius 2 is 2.35 bits per heavy atom. The van der Waals surface area contributed by atoms with E-state index in [1.54, 1.807) is 0 Å². The van der Waals surface area contributed by atoms with Crippen molar-refractivity contribution in [1.29, 1.82) is 0 Å². The molecule has 0 aromatic carbocycles. The minimum Gasteiger partial charge on any atom is -0.507 e. The number of ether oxygens (including phenoxy) is 1. The van der Waals surface area contributed by atoms with Crippen LogP contribution in [0, 0.1) is 0 Å². The van der Waals surface area contributed by atoms with Gasteiger partial charge in [-0.25, -0.2) is 0 Å². The van der Waals surface area contributed by atoms with Crippen LogP contribution in [0.5, 0.6) is 5.75 Å². The van der Waals surface area contributed by atoms with Crippen molar-refractivity contribution in [2.75, 3.05) is 19.8 Å². The number of aromatic amines is 1. The van der Waals surface area contributed by atoms with Crippen LogP contribution < -0.4 is 10.9 Å². The lowest BCUT2D eigenvalue weighted by Crippen LogP contribution is -2.26. The Morgan fingerprint density at radius 3 is 3.00 bits per heavy atom. The molecule has 1 aromatic rings. The first-order valence-corrected chi connectivity index (χ1v) is 5.42. The summed E-state index contributed by atoms with van der Waals surface area (Å²) in [6.45, 7) is 3.58. The third-order valence-corrected chi connectivity index (χ3v) is 2.10. The molecule has 0 unspecified atom stereocenters. The quantitative estimate of drug-likeness (QED) is 0.621. The van der Waals surface area contributed by atoms with Crippen molar-refractivity contribution in [3.05, 3.63) is 28.2 Å². The molecule has 0 aliphatic carbocycles. The molecule has 94 valence electrons. The van der Waals surface area contributed by atoms with Gasteiger partial charge in [0.15, 0.2) is 0 Å². The van der Waals surface area contributed by atoms with Crippen molar-refractivity contribution in [1.82, 2.24) is 10.3 Å². The number of nitrogens with one attached hydrogen (secondary N) is 2. The number of hydrogen-bond acceptors (Lipinski definition) is 4. The topological polar surface area (TPSA) is 91.4 Å². The van der Waals surface area contributed by atoms with Gasteiger partial charge >= 0.3 is 0 Å². The highest BCUT2D eigenvalue weighted by molar-refractivity contribution is 5.96. The van der Waals surface area contributed by atoms with Crippen molar-refractivity contribution in [2.45, 2.75) is 13.3 Å². The van der Waals surface area contributed by atoms with Gasteiger partial charge in [0, 0.05) is 32.0 Å². The number of aromatic hydroxyl groups is 1. The second-order valence-electron chi connectivity index (χ2n) is 3.40. The Labute approximate surface area is 98.6 Å². The molecule has 6 nitrogen and oxygen atoms in total. The molecule has 0 atom stereocenters. The van der Waals surface area contributed by atoms with Crippen molar-refractivity contribution in [3.63, 3.8) is 0 Å². The van der Waals surface area contributed by atoms with Crippen molar-refractivity contribution in [3.8, 4) is 5.75 Å². The maximum absolute atomic E-state index is 11.6. The molecule has 1 rings (SSSR count). The summed E-state index contributed by atoms with van der Waals surface area (Å²) in [7, 11) is 0. The maximum Gasteiger partial charge on any atom is 0.256 e. The van der Waals surface area contributed by atoms with Crippen LogP contribution in [0.2, 0.25) is 0 Å². The Hall–Kier alpha value is -1.82. The first kappa shape index (κ1) is 13.2. The Balaban J connectivity index is 2.44. The second kappa shape index (κ2) is 6.70. The molecular formula is C11H16N2O4. The minimum atomic E-state index is -0.449. The van der Waals surface area contributed by atoms with Crippen LogP contribution in [0.4, 0.5) is 0 Å². The predicted molar refractivity (Wildman–Crippen MR) is 62.2 cm³/mol. The number of pyridine rings is 1. The first-order chi connectivity index (χ1) is 8.15. The molecular weight excluding hydrogens is 224 g/mol. The lowest BCUT2D eigenvalue weighted by molar-refractivity contribution is 0.0941. The number of amides is 1. The molecule has 0 spiro atoms. The lowest BCUT2D eigenvalue weighted by atomic mass is 10.2. The van der Waals surface area contributed by atoms with Gasteiger partial charge in [-0.2, -0.15) is 0 Å². The van der Waals surface area contributed by atoms with Crippen LogP contribution in [0.1, 0.15) is 23.7 Å². The Kier molecular flexibility index (Phi) is 5.22. The van der Waals surface area contributed by atoms with Gasteiger partial charge in [-0.05, 0) is 13.3 Å². The molecule has 0 saturated carbocycles. The van der Waals surface area contributed by atoms with Crippen LogP contribution in [-0.2, 0) is 4.74 Å². The van der Waals surface area contributed by atoms with E-state index in [1.165, 1.54) is 6.20 Å². The summed E-state index contributed by atoms with van der Waals surface area (Å²) in [6.07, 6.45) is 1.89. The number of rotatable bonds is 6. The van der Waals surface area contributed by atoms with Gasteiger partial charge in [0.25, 0.3) is 11.5 Å². The van der Waals surface area contributed by atoms with Crippen LogP contribution in [0.25, 0.3) is 0 Å². The van der Waals surface area contributed by atoms with Gasteiger partial charge in [0.2, 0.25) is 0 Å². The van der Waals surface area contributed by atoms with E-state index < -0.39 is 11.5 Å². The van der Waals surface area contributed by atoms with Crippen molar-refractivity contribution < 1.29 is 14.6 Å². The third-order valence-electron chi connectivity index (χ3n) is 2.10. The molecule has 0 aliphatic heterocycles. The minimum absolute atomic E-state index is 0.0565. The van der Waals surface area contributed by atoms with Gasteiger partial charge < -0.3 is 20.1 Å². The standard InChI is InChI=1S/C11H16N2O4/c1-2-17-5-3-4-12-11(16)8-7-13-10(15)6-9(8)14/h6-7H,2-5H2,1H3,(H,12,16)(H2,13,14,15). The zero-order valence-electron chi connectivity index (χ0n) is 9.66. The molecule has 0 fully saturated rings. The summed E-state index contributed by atoms with van der Waals surface area (Å²) in [5.41, 5.74) is -0.392. The highest BCUT2D eigenvalue weighted by Gasteiger charge is 2.10. The van der Waals surface area contributed by atoms with E-state index in [4.69, 9.17) is 4.74 Å². The van der Waals surface area contributed by atoms with E-state index in [0.29, 0.717) is 26.2 Å². The summed E-state index contributed by atoms with van der Waals surface area (Å²) in [5, 5.41) is 12.0. The summed E-state index contributed by atoms with van der Waals surface area (Å²) >= 11 is 0. The zero-order valence-corrected chi connectivity index (χ0v) is 9.66. The van der Waals surface area contributed by atoms with Crippen LogP contribution in [-0.4, -0.2) is 35.8 Å². The van der Waals surface area contributed by atoms with Crippen LogP contribution in [0.15, 0.2) is 17.1 Å². The number of carbonyl (C=O) groups excluding carboxylic acids is 1. The molecule has 0 radical (unpaired) electrons. The van der Waals surface area contributed by atoms with E-state index in [0.717, 1.165) is 6.07 Å². The molecule has 3 N–H and O–H groups in total. The van der Waals surface area contributed by atoms with E-state index in [1.807, 2.05) is 6.92 Å². The predicted octanol–water partition coefficient (Wildman–Crippen LogP) is 0.237. The molecule has 1 heterocycles. The van der Waals surface area contributed by atoms with E-state index in [9.17, 15) is 14.7 Å². The SMILES string of the molecule is CCOCCCNC(=O)c1c[nH]c(=O)cc1O. The third kappa shape index (κ3) is 4.28. The number of carbonyl (C=O) groups is 1. The molecule has 1 amide bonds. The second-order valence-corrected chi connectivity index (χ2v) is 3.40. The molecule has 6 heteroatoms. The summed E-state index contributed by atoms with van der Waals surface area (Å²) in [4.78, 5) is 24.7. The lowest BCUT2D eigenvalue weighted by Gasteiger charge is -2.06. The molecule has 0 saturated heterocycles. The van der Waals surface area contributed by atoms with Gasteiger partial charge in [-0.1, -0.05) is 0 Å². The number of hydrogen-bond donors (Lipinski definition) is 3. The molecule has 1 aromatic heterocycles. The van der Waals surface area contributed by atoms with Crippen molar-refractivity contribution >= 4 is 5.91 Å². The monoisotopic (exact) mass is 240 g/mol.